The average molecular weight is 888 g/mol. The normalized spacial score (nSPS) is 12.3. The summed E-state index contributed by atoms with van der Waals surface area (Å²) >= 11 is 0. The van der Waals surface area contributed by atoms with Crippen LogP contribution in [0, 0.1) is 20.2 Å². The van der Waals surface area contributed by atoms with Crippen LogP contribution in [0.5, 0.6) is 5.75 Å². The van der Waals surface area contributed by atoms with Crippen LogP contribution in [0.3, 0.4) is 0 Å². The van der Waals surface area contributed by atoms with E-state index in [0.717, 1.165) is 45.3 Å². The molecule has 0 aliphatic carbocycles. The maximum absolute atomic E-state index is 14.4. The quantitative estimate of drug-likeness (QED) is 0.0263. The van der Waals surface area contributed by atoms with Crippen molar-refractivity contribution in [3.05, 3.63) is 170 Å². The van der Waals surface area contributed by atoms with Crippen molar-refractivity contribution >= 4 is 37.4 Å². The van der Waals surface area contributed by atoms with Crippen LogP contribution in [-0.2, 0) is 35.1 Å². The maximum atomic E-state index is 14.4. The number of nitrogens with one attached hydrogen (secondary N) is 1. The Morgan fingerprint density at radius 3 is 1.50 bits per heavy atom. The third-order valence-corrected chi connectivity index (χ3v) is 13.6. The molecule has 0 atom stereocenters. The second-order valence-electron chi connectivity index (χ2n) is 15.1. The van der Waals surface area contributed by atoms with Crippen LogP contribution in [0.25, 0.3) is 0 Å². The molecule has 0 unspecified atom stereocenters. The summed E-state index contributed by atoms with van der Waals surface area (Å²) < 4.78 is 69.6. The summed E-state index contributed by atoms with van der Waals surface area (Å²) in [6, 6.07) is 36.6. The number of hydrogen-bond acceptors (Lipinski definition) is 12. The van der Waals surface area contributed by atoms with Crippen LogP contribution in [0.4, 0.5) is 11.4 Å². The number of para-hydroxylation sites is 2. The molecule has 5 aromatic carbocycles. The molecule has 0 aliphatic rings. The zero-order chi connectivity index (χ0) is 45.1. The van der Waals surface area contributed by atoms with E-state index in [1.54, 1.807) is 27.9 Å². The van der Waals surface area contributed by atoms with Gasteiger partial charge in [0.15, 0.2) is 9.79 Å². The number of carbonyl (C=O) groups excluding carboxylic acids is 1. The summed E-state index contributed by atoms with van der Waals surface area (Å²) in [5.74, 6) is -0.286. The monoisotopic (exact) mass is 887 g/mol. The molecule has 5 aromatic rings. The van der Waals surface area contributed by atoms with Gasteiger partial charge in [-0.05, 0) is 81.1 Å². The fourth-order valence-corrected chi connectivity index (χ4v) is 10.3. The number of ether oxygens (including phenoxy) is 2. The number of nitro benzene ring substituents is 2. The van der Waals surface area contributed by atoms with E-state index < -0.39 is 81.3 Å². The summed E-state index contributed by atoms with van der Waals surface area (Å²) in [6.07, 6.45) is -0.0483. The molecule has 0 aliphatic heterocycles. The van der Waals surface area contributed by atoms with E-state index in [2.05, 4.69) is 5.32 Å². The molecule has 0 amide bonds. The predicted octanol–water partition coefficient (Wildman–Crippen LogP) is 6.90. The molecular weight excluding hydrogens is 839 g/mol. The molecule has 16 nitrogen and oxygen atoms in total. The molecule has 0 radical (unpaired) electrons. The number of methoxy groups -OCH3 is 1. The lowest BCUT2D eigenvalue weighted by molar-refractivity contribution is -0.388. The van der Waals surface area contributed by atoms with Crippen molar-refractivity contribution in [2.45, 2.75) is 54.5 Å². The zero-order valence-corrected chi connectivity index (χ0v) is 36.4. The van der Waals surface area contributed by atoms with E-state index >= 15 is 0 Å². The maximum Gasteiger partial charge on any atom is 0.321 e. The minimum atomic E-state index is -4.74. The molecule has 0 fully saturated rings. The number of nitro groups is 2. The van der Waals surface area contributed by atoms with Gasteiger partial charge in [0.05, 0.1) is 22.5 Å². The fourth-order valence-electron chi connectivity index (χ4n) is 7.06. The van der Waals surface area contributed by atoms with Crippen molar-refractivity contribution in [3.8, 4) is 5.75 Å². The third-order valence-electron chi connectivity index (χ3n) is 9.81. The van der Waals surface area contributed by atoms with Gasteiger partial charge in [-0.15, -0.1) is 0 Å². The highest BCUT2D eigenvalue weighted by Crippen LogP contribution is 2.38. The van der Waals surface area contributed by atoms with Crippen molar-refractivity contribution < 1.29 is 41.0 Å². The first kappa shape index (κ1) is 47.0. The van der Waals surface area contributed by atoms with Crippen molar-refractivity contribution in [2.24, 2.45) is 0 Å². The van der Waals surface area contributed by atoms with Crippen LogP contribution in [0.1, 0.15) is 50.3 Å². The van der Waals surface area contributed by atoms with Crippen LogP contribution in [-0.4, -0.2) is 86.7 Å². The molecule has 0 aromatic heterocycles. The van der Waals surface area contributed by atoms with Gasteiger partial charge in [0.2, 0.25) is 20.0 Å². The highest BCUT2D eigenvalue weighted by atomic mass is 32.2. The van der Waals surface area contributed by atoms with E-state index in [1.165, 1.54) is 24.3 Å². The average Bonchev–Trinajstić information content (AvgIpc) is 3.25. The highest BCUT2D eigenvalue weighted by Gasteiger charge is 2.38. The Bertz CT molecular complexity index is 2510. The number of esters is 1. The van der Waals surface area contributed by atoms with Crippen molar-refractivity contribution in [3.63, 3.8) is 0 Å². The van der Waals surface area contributed by atoms with Crippen LogP contribution in [0.2, 0.25) is 0 Å². The van der Waals surface area contributed by atoms with Crippen LogP contribution >= 0.6 is 0 Å². The second-order valence-corrected chi connectivity index (χ2v) is 18.9. The Morgan fingerprint density at radius 2 is 1.03 bits per heavy atom. The van der Waals surface area contributed by atoms with Crippen LogP contribution < -0.4 is 10.1 Å². The number of sulfonamides is 2. The molecule has 0 saturated heterocycles. The SMILES string of the molecule is COc1ccc(C(NCCCN(CCCN(CC(=O)OC(C)(C)C)S(=O)(=O)c2ccccc2[N+](=O)[O-])S(=O)(=O)c2ccccc2[N+](=O)[O-])(c2ccccc2)c2ccccc2)cc1. The number of rotatable bonds is 21. The van der Waals surface area contributed by atoms with E-state index in [4.69, 9.17) is 9.47 Å². The number of hydrogen-bond donors (Lipinski definition) is 1. The van der Waals surface area contributed by atoms with E-state index in [9.17, 15) is 41.9 Å². The predicted molar refractivity (Wildman–Crippen MR) is 233 cm³/mol. The minimum absolute atomic E-state index is 0.174. The Balaban J connectivity index is 1.49. The van der Waals surface area contributed by atoms with Crippen LogP contribution in [0.15, 0.2) is 143 Å². The smallest absolute Gasteiger partial charge is 0.321 e. The van der Waals surface area contributed by atoms with Crippen molar-refractivity contribution in [1.82, 2.24) is 13.9 Å². The van der Waals surface area contributed by atoms with Gasteiger partial charge in [0.25, 0.3) is 11.4 Å². The summed E-state index contributed by atoms with van der Waals surface area (Å²) in [5.41, 5.74) is -0.644. The van der Waals surface area contributed by atoms with Gasteiger partial charge in [-0.25, -0.2) is 16.8 Å². The van der Waals surface area contributed by atoms with Gasteiger partial charge in [0, 0.05) is 31.8 Å². The largest absolute Gasteiger partial charge is 0.497 e. The van der Waals surface area contributed by atoms with E-state index in [1.807, 2.05) is 84.9 Å². The molecule has 0 bridgehead atoms. The van der Waals surface area contributed by atoms with Gasteiger partial charge < -0.3 is 9.47 Å². The number of carbonyl (C=O) groups is 1. The Labute approximate surface area is 361 Å². The molecule has 0 heterocycles. The second kappa shape index (κ2) is 20.2. The highest BCUT2D eigenvalue weighted by molar-refractivity contribution is 7.89. The molecule has 18 heteroatoms. The summed E-state index contributed by atoms with van der Waals surface area (Å²) in [7, 11) is -7.77. The molecule has 5 rings (SSSR count). The van der Waals surface area contributed by atoms with E-state index in [-0.39, 0.29) is 32.5 Å². The first-order valence-electron chi connectivity index (χ1n) is 19.6. The molecule has 0 saturated carbocycles. The first-order valence-corrected chi connectivity index (χ1v) is 22.5. The Kier molecular flexibility index (Phi) is 15.3. The van der Waals surface area contributed by atoms with Crippen molar-refractivity contribution in [2.75, 3.05) is 39.8 Å². The number of benzene rings is 5. The molecular formula is C44H49N5O11S2. The minimum Gasteiger partial charge on any atom is -0.497 e. The lowest BCUT2D eigenvalue weighted by atomic mass is 9.77. The standard InChI is InChI=1S/C44H49N5O11S2/c1-43(2,3)60-42(50)33-47(62(57,58)41-24-14-12-22-39(41)49(53)54)32-16-31-46(61(55,56)40-23-13-11-21-38(40)48(51)52)30-15-29-45-44(34-17-7-5-8-18-34,35-19-9-6-10-20-35)36-25-27-37(59-4)28-26-36/h5-14,17-28,45H,15-16,29-33H2,1-4H3. The van der Waals surface area contributed by atoms with Gasteiger partial charge in [-0.3, -0.25) is 30.3 Å². The Morgan fingerprint density at radius 1 is 0.613 bits per heavy atom. The van der Waals surface area contributed by atoms with Gasteiger partial charge in [-0.2, -0.15) is 8.61 Å². The van der Waals surface area contributed by atoms with Gasteiger partial charge in [-0.1, -0.05) is 97.1 Å². The summed E-state index contributed by atoms with van der Waals surface area (Å²) in [5, 5.41) is 27.6. The van der Waals surface area contributed by atoms with Gasteiger partial charge in [0.1, 0.15) is 17.9 Å². The van der Waals surface area contributed by atoms with E-state index in [0.29, 0.717) is 10.1 Å². The molecule has 0 spiro atoms. The lowest BCUT2D eigenvalue weighted by Crippen LogP contribution is -2.46. The molecule has 1 N–H and O–H groups in total. The fraction of sp³-hybridized carbons (Fsp3) is 0.295. The number of nitrogens with zero attached hydrogens (tertiary/aromatic N) is 4. The molecule has 62 heavy (non-hydrogen) atoms. The van der Waals surface area contributed by atoms with Gasteiger partial charge >= 0.3 is 5.97 Å². The summed E-state index contributed by atoms with van der Waals surface area (Å²) in [6.45, 7) is 3.15. The van der Waals surface area contributed by atoms with Crippen molar-refractivity contribution in [1.29, 1.82) is 0 Å². The Hall–Kier alpha value is -6.05. The summed E-state index contributed by atoms with van der Waals surface area (Å²) in [4.78, 5) is 34.1. The zero-order valence-electron chi connectivity index (χ0n) is 34.7. The topological polar surface area (TPSA) is 209 Å². The first-order chi connectivity index (χ1) is 29.4. The molecule has 328 valence electrons. The lowest BCUT2D eigenvalue weighted by Gasteiger charge is -2.37. The third kappa shape index (κ3) is 11.1.